The van der Waals surface area contributed by atoms with Gasteiger partial charge in [0.25, 0.3) is 0 Å². The molecule has 1 aromatic carbocycles. The lowest BCUT2D eigenvalue weighted by Gasteiger charge is -2.09. The number of aryl methyl sites for hydroxylation is 1. The molecule has 0 aliphatic carbocycles. The Hall–Kier alpha value is -1.12. The van der Waals surface area contributed by atoms with Gasteiger partial charge in [-0.3, -0.25) is 0 Å². The first kappa shape index (κ1) is 16.9. The molecule has 0 saturated carbocycles. The number of hydrogen-bond donors (Lipinski definition) is 1. The molecule has 0 unspecified atom stereocenters. The van der Waals surface area contributed by atoms with Crippen molar-refractivity contribution < 1.29 is 8.78 Å². The molecule has 1 rings (SSSR count). The van der Waals surface area contributed by atoms with Crippen molar-refractivity contribution in [2.75, 3.05) is 11.9 Å². The summed E-state index contributed by atoms with van der Waals surface area (Å²) < 4.78 is 26.9. The van der Waals surface area contributed by atoms with E-state index in [2.05, 4.69) is 12.2 Å². The number of anilines is 1. The van der Waals surface area contributed by atoms with E-state index in [1.54, 1.807) is 6.92 Å². The molecular weight excluding hydrogens is 256 g/mol. The molecule has 0 bridgehead atoms. The molecule has 0 aromatic heterocycles. The van der Waals surface area contributed by atoms with Gasteiger partial charge in [-0.05, 0) is 25.0 Å². The molecule has 0 saturated heterocycles. The fourth-order valence-electron chi connectivity index (χ4n) is 2.26. The van der Waals surface area contributed by atoms with Crippen molar-refractivity contribution in [3.05, 3.63) is 29.3 Å². The smallest absolute Gasteiger partial charge is 0.146 e. The molecule has 0 heterocycles. The van der Waals surface area contributed by atoms with Crippen LogP contribution in [0.2, 0.25) is 0 Å². The molecule has 3 heteroatoms. The fourth-order valence-corrected chi connectivity index (χ4v) is 2.26. The van der Waals surface area contributed by atoms with Crippen LogP contribution in [0.5, 0.6) is 0 Å². The molecular formula is C17H27F2N. The van der Waals surface area contributed by atoms with Crippen LogP contribution < -0.4 is 5.32 Å². The van der Waals surface area contributed by atoms with Crippen LogP contribution in [0.1, 0.15) is 63.9 Å². The number of unbranched alkanes of at least 4 members (excludes halogenated alkanes) is 7. The largest absolute Gasteiger partial charge is 0.383 e. The molecule has 0 radical (unpaired) electrons. The van der Waals surface area contributed by atoms with Crippen LogP contribution in [0.4, 0.5) is 14.5 Å². The highest BCUT2D eigenvalue weighted by molar-refractivity contribution is 5.46. The van der Waals surface area contributed by atoms with Gasteiger partial charge in [-0.25, -0.2) is 8.78 Å². The van der Waals surface area contributed by atoms with E-state index in [0.29, 0.717) is 12.1 Å². The summed E-state index contributed by atoms with van der Waals surface area (Å²) in [4.78, 5) is 0. The predicted octanol–water partition coefficient (Wildman–Crippen LogP) is 5.83. The Morgan fingerprint density at radius 3 is 2.10 bits per heavy atom. The number of nitrogens with one attached hydrogen (secondary N) is 1. The van der Waals surface area contributed by atoms with Gasteiger partial charge in [0, 0.05) is 12.6 Å². The van der Waals surface area contributed by atoms with Crippen molar-refractivity contribution in [3.63, 3.8) is 0 Å². The van der Waals surface area contributed by atoms with E-state index in [0.717, 1.165) is 12.8 Å². The molecule has 0 amide bonds. The van der Waals surface area contributed by atoms with Crippen molar-refractivity contribution in [1.29, 1.82) is 0 Å². The van der Waals surface area contributed by atoms with Crippen molar-refractivity contribution in [2.45, 2.75) is 65.2 Å². The van der Waals surface area contributed by atoms with Crippen LogP contribution in [0.3, 0.4) is 0 Å². The zero-order chi connectivity index (χ0) is 14.8. The highest BCUT2D eigenvalue weighted by Crippen LogP contribution is 2.19. The number of halogens is 2. The maximum atomic E-state index is 13.5. The van der Waals surface area contributed by atoms with E-state index in [1.807, 2.05) is 0 Å². The van der Waals surface area contributed by atoms with Crippen molar-refractivity contribution in [2.24, 2.45) is 0 Å². The van der Waals surface area contributed by atoms with Crippen molar-refractivity contribution >= 4 is 5.69 Å². The summed E-state index contributed by atoms with van der Waals surface area (Å²) in [6.07, 6.45) is 9.94. The molecule has 1 N–H and O–H groups in total. The van der Waals surface area contributed by atoms with Gasteiger partial charge >= 0.3 is 0 Å². The molecule has 20 heavy (non-hydrogen) atoms. The van der Waals surface area contributed by atoms with E-state index in [1.165, 1.54) is 50.7 Å². The Labute approximate surface area is 121 Å². The second-order valence-electron chi connectivity index (χ2n) is 5.48. The molecule has 0 spiro atoms. The number of rotatable bonds is 10. The van der Waals surface area contributed by atoms with E-state index in [9.17, 15) is 8.78 Å². The molecule has 0 aliphatic heterocycles. The normalized spacial score (nSPS) is 10.8. The maximum absolute atomic E-state index is 13.5. The minimum Gasteiger partial charge on any atom is -0.383 e. The SMILES string of the molecule is CCCCCCCCCCNc1cc(F)c(C)cc1F. The van der Waals surface area contributed by atoms with E-state index in [-0.39, 0.29) is 17.3 Å². The Kier molecular flexibility index (Phi) is 8.24. The summed E-state index contributed by atoms with van der Waals surface area (Å²) in [5.41, 5.74) is 0.621. The highest BCUT2D eigenvalue weighted by Gasteiger charge is 2.06. The van der Waals surface area contributed by atoms with Gasteiger partial charge in [-0.15, -0.1) is 0 Å². The van der Waals surface area contributed by atoms with Gasteiger partial charge in [-0.1, -0.05) is 51.9 Å². The zero-order valence-corrected chi connectivity index (χ0v) is 12.8. The molecule has 1 aromatic rings. The first-order valence-corrected chi connectivity index (χ1v) is 7.84. The lowest BCUT2D eigenvalue weighted by atomic mass is 10.1. The summed E-state index contributed by atoms with van der Waals surface area (Å²) in [5.74, 6) is -0.728. The molecule has 0 aliphatic rings. The van der Waals surface area contributed by atoms with Crippen LogP contribution in [-0.2, 0) is 0 Å². The van der Waals surface area contributed by atoms with Gasteiger partial charge in [0.1, 0.15) is 11.6 Å². The minimum atomic E-state index is -0.372. The van der Waals surface area contributed by atoms with E-state index < -0.39 is 0 Å². The lowest BCUT2D eigenvalue weighted by Crippen LogP contribution is -2.04. The summed E-state index contributed by atoms with van der Waals surface area (Å²) in [5, 5.41) is 2.98. The van der Waals surface area contributed by atoms with Gasteiger partial charge in [0.05, 0.1) is 5.69 Å². The third-order valence-corrected chi connectivity index (χ3v) is 3.59. The quantitative estimate of drug-likeness (QED) is 0.533. The predicted molar refractivity (Wildman–Crippen MR) is 82.2 cm³/mol. The van der Waals surface area contributed by atoms with Crippen LogP contribution >= 0.6 is 0 Å². The Balaban J connectivity index is 2.11. The summed E-state index contributed by atoms with van der Waals surface area (Å²) in [6.45, 7) is 4.49. The number of hydrogen-bond acceptors (Lipinski definition) is 1. The van der Waals surface area contributed by atoms with Crippen LogP contribution in [0.15, 0.2) is 12.1 Å². The van der Waals surface area contributed by atoms with Crippen LogP contribution in [0, 0.1) is 18.6 Å². The first-order valence-electron chi connectivity index (χ1n) is 7.84. The third-order valence-electron chi connectivity index (χ3n) is 3.59. The summed E-state index contributed by atoms with van der Waals surface area (Å²) >= 11 is 0. The van der Waals surface area contributed by atoms with Crippen LogP contribution in [-0.4, -0.2) is 6.54 Å². The monoisotopic (exact) mass is 283 g/mol. The van der Waals surface area contributed by atoms with Gasteiger partial charge < -0.3 is 5.32 Å². The first-order chi connectivity index (χ1) is 9.65. The van der Waals surface area contributed by atoms with E-state index in [4.69, 9.17) is 0 Å². The number of benzene rings is 1. The average molecular weight is 283 g/mol. The highest BCUT2D eigenvalue weighted by atomic mass is 19.1. The molecule has 0 atom stereocenters. The summed E-state index contributed by atoms with van der Waals surface area (Å²) in [7, 11) is 0. The van der Waals surface area contributed by atoms with Crippen LogP contribution in [0.25, 0.3) is 0 Å². The van der Waals surface area contributed by atoms with E-state index >= 15 is 0 Å². The molecule has 1 nitrogen and oxygen atoms in total. The zero-order valence-electron chi connectivity index (χ0n) is 12.8. The molecule has 114 valence electrons. The Morgan fingerprint density at radius 1 is 0.850 bits per heavy atom. The topological polar surface area (TPSA) is 12.0 Å². The maximum Gasteiger partial charge on any atom is 0.146 e. The second kappa shape index (κ2) is 9.73. The van der Waals surface area contributed by atoms with Crippen molar-refractivity contribution in [1.82, 2.24) is 0 Å². The third kappa shape index (κ3) is 6.36. The molecule has 0 fully saturated rings. The Morgan fingerprint density at radius 2 is 1.45 bits per heavy atom. The standard InChI is InChI=1S/C17H27F2N/c1-3-4-5-6-7-8-9-10-11-20-17-13-15(18)14(2)12-16(17)19/h12-13,20H,3-11H2,1-2H3. The minimum absolute atomic E-state index is 0.274. The Bertz CT molecular complexity index is 391. The fraction of sp³-hybridized carbons (Fsp3) is 0.647. The van der Waals surface area contributed by atoms with Gasteiger partial charge in [0.15, 0.2) is 0 Å². The lowest BCUT2D eigenvalue weighted by molar-refractivity contribution is 0.578. The second-order valence-corrected chi connectivity index (χ2v) is 5.48. The van der Waals surface area contributed by atoms with Gasteiger partial charge in [-0.2, -0.15) is 0 Å². The van der Waals surface area contributed by atoms with Crippen molar-refractivity contribution in [3.8, 4) is 0 Å². The van der Waals surface area contributed by atoms with Gasteiger partial charge in [0.2, 0.25) is 0 Å². The average Bonchev–Trinajstić information content (AvgIpc) is 2.42. The summed E-state index contributed by atoms with van der Waals surface area (Å²) in [6, 6.07) is 2.49.